The molecule has 0 aliphatic heterocycles. The smallest absolute Gasteiger partial charge is 0.175 e. The molecule has 3 rings (SSSR count). The Kier molecular flexibility index (Phi) is 8.36. The Hall–Kier alpha value is -1.62. The Morgan fingerprint density at radius 3 is 2.38 bits per heavy atom. The average molecular weight is 358 g/mol. The highest BCUT2D eigenvalue weighted by Gasteiger charge is 2.19. The first-order valence-electron chi connectivity index (χ1n) is 10.0. The third-order valence-electron chi connectivity index (χ3n) is 5.54. The molecule has 2 aliphatic carbocycles. The zero-order valence-corrected chi connectivity index (χ0v) is 16.0. The lowest BCUT2D eigenvalue weighted by molar-refractivity contribution is 0.432. The van der Waals surface area contributed by atoms with E-state index in [0.717, 1.165) is 30.8 Å². The van der Waals surface area contributed by atoms with Crippen molar-refractivity contribution in [1.82, 2.24) is 0 Å². The molecule has 2 heteroatoms. The Balaban J connectivity index is 0.000000342. The summed E-state index contributed by atoms with van der Waals surface area (Å²) >= 11 is 0. The molecule has 1 aromatic carbocycles. The predicted octanol–water partition coefficient (Wildman–Crippen LogP) is 7.33. The highest BCUT2D eigenvalue weighted by atomic mass is 19.2. The molecule has 0 saturated heterocycles. The summed E-state index contributed by atoms with van der Waals surface area (Å²) in [5.41, 5.74) is 1.27. The second-order valence-electron chi connectivity index (χ2n) is 7.60. The Labute approximate surface area is 158 Å². The molecule has 0 heterocycles. The van der Waals surface area contributed by atoms with Gasteiger partial charge in [0.1, 0.15) is 0 Å². The lowest BCUT2D eigenvalue weighted by Crippen LogP contribution is -2.07. The van der Waals surface area contributed by atoms with Gasteiger partial charge in [-0.1, -0.05) is 76.9 Å². The number of rotatable bonds is 4. The first kappa shape index (κ1) is 20.7. The van der Waals surface area contributed by atoms with Gasteiger partial charge in [0.25, 0.3) is 0 Å². The van der Waals surface area contributed by atoms with Gasteiger partial charge in [-0.2, -0.15) is 0 Å². The molecule has 2 aliphatic rings. The van der Waals surface area contributed by atoms with Crippen LogP contribution in [-0.2, 0) is 0 Å². The van der Waals surface area contributed by atoms with Crippen LogP contribution >= 0.6 is 0 Å². The van der Waals surface area contributed by atoms with Gasteiger partial charge in [0.05, 0.1) is 5.56 Å². The van der Waals surface area contributed by atoms with Gasteiger partial charge in [0.15, 0.2) is 11.6 Å². The molecule has 0 N–H and O–H groups in total. The van der Waals surface area contributed by atoms with E-state index in [2.05, 4.69) is 25.8 Å². The van der Waals surface area contributed by atoms with Crippen LogP contribution in [0.1, 0.15) is 82.3 Å². The SMILES string of the molecule is C#Cc1ccc(C2=CCC(CCCC)CC2)c(F)c1F.[CH2]C1CCCC1. The zero-order valence-electron chi connectivity index (χ0n) is 16.0. The summed E-state index contributed by atoms with van der Waals surface area (Å²) in [4.78, 5) is 0. The van der Waals surface area contributed by atoms with Gasteiger partial charge < -0.3 is 0 Å². The number of hydrogen-bond acceptors (Lipinski definition) is 0. The molecule has 0 amide bonds. The fourth-order valence-corrected chi connectivity index (χ4v) is 3.81. The normalized spacial score (nSPS) is 20.1. The molecule has 141 valence electrons. The van der Waals surface area contributed by atoms with Crippen LogP contribution in [0.5, 0.6) is 0 Å². The summed E-state index contributed by atoms with van der Waals surface area (Å²) < 4.78 is 27.7. The van der Waals surface area contributed by atoms with Gasteiger partial charge in [-0.15, -0.1) is 6.42 Å². The average Bonchev–Trinajstić information content (AvgIpc) is 3.14. The van der Waals surface area contributed by atoms with Crippen molar-refractivity contribution >= 4 is 5.57 Å². The molecule has 1 radical (unpaired) electrons. The van der Waals surface area contributed by atoms with Crippen LogP contribution in [0, 0.1) is 42.7 Å². The molecule has 1 atom stereocenters. The second-order valence-corrected chi connectivity index (χ2v) is 7.60. The van der Waals surface area contributed by atoms with Gasteiger partial charge in [-0.05, 0) is 42.7 Å². The van der Waals surface area contributed by atoms with Crippen molar-refractivity contribution in [3.8, 4) is 12.3 Å². The predicted molar refractivity (Wildman–Crippen MR) is 106 cm³/mol. The molecule has 1 fully saturated rings. The Bertz CT molecular complexity index is 645. The van der Waals surface area contributed by atoms with E-state index in [4.69, 9.17) is 6.42 Å². The summed E-state index contributed by atoms with van der Waals surface area (Å²) in [5.74, 6) is 1.94. The summed E-state index contributed by atoms with van der Waals surface area (Å²) in [6, 6.07) is 3.09. The monoisotopic (exact) mass is 357 g/mol. The molecule has 0 aromatic heterocycles. The van der Waals surface area contributed by atoms with Gasteiger partial charge in [-0.3, -0.25) is 0 Å². The van der Waals surface area contributed by atoms with Crippen LogP contribution in [0.15, 0.2) is 18.2 Å². The van der Waals surface area contributed by atoms with E-state index in [9.17, 15) is 8.78 Å². The first-order valence-corrected chi connectivity index (χ1v) is 10.0. The van der Waals surface area contributed by atoms with Crippen molar-refractivity contribution in [2.45, 2.75) is 71.1 Å². The maximum Gasteiger partial charge on any atom is 0.175 e. The van der Waals surface area contributed by atoms with Gasteiger partial charge in [0.2, 0.25) is 0 Å². The molecule has 0 nitrogen and oxygen atoms in total. The molecule has 0 spiro atoms. The van der Waals surface area contributed by atoms with E-state index in [1.165, 1.54) is 51.0 Å². The maximum absolute atomic E-state index is 14.0. The molecular formula is C24H31F2. The first-order chi connectivity index (χ1) is 12.6. The number of allylic oxidation sites excluding steroid dienone is 2. The quantitative estimate of drug-likeness (QED) is 0.495. The van der Waals surface area contributed by atoms with Gasteiger partial charge >= 0.3 is 0 Å². The molecule has 1 unspecified atom stereocenters. The van der Waals surface area contributed by atoms with E-state index < -0.39 is 11.6 Å². The van der Waals surface area contributed by atoms with Crippen LogP contribution in [0.25, 0.3) is 5.57 Å². The van der Waals surface area contributed by atoms with Crippen molar-refractivity contribution in [3.63, 3.8) is 0 Å². The van der Waals surface area contributed by atoms with Crippen LogP contribution in [-0.4, -0.2) is 0 Å². The van der Waals surface area contributed by atoms with Crippen LogP contribution in [0.4, 0.5) is 8.78 Å². The van der Waals surface area contributed by atoms with Crippen molar-refractivity contribution in [1.29, 1.82) is 0 Å². The summed E-state index contributed by atoms with van der Waals surface area (Å²) in [5, 5.41) is 0. The Morgan fingerprint density at radius 2 is 1.88 bits per heavy atom. The van der Waals surface area contributed by atoms with Crippen molar-refractivity contribution < 1.29 is 8.78 Å². The van der Waals surface area contributed by atoms with Crippen LogP contribution < -0.4 is 0 Å². The number of halogens is 2. The molecule has 1 saturated carbocycles. The number of hydrogen-bond donors (Lipinski definition) is 0. The lowest BCUT2D eigenvalue weighted by atomic mass is 9.83. The fourth-order valence-electron chi connectivity index (χ4n) is 3.81. The minimum atomic E-state index is -0.904. The number of benzene rings is 1. The van der Waals surface area contributed by atoms with Crippen molar-refractivity contribution in [3.05, 3.63) is 47.9 Å². The number of terminal acetylenes is 1. The molecule has 1 aromatic rings. The van der Waals surface area contributed by atoms with Gasteiger partial charge in [0, 0.05) is 5.56 Å². The largest absolute Gasteiger partial charge is 0.203 e. The zero-order chi connectivity index (χ0) is 18.9. The number of unbranched alkanes of at least 4 members (excludes halogenated alkanes) is 1. The molecule has 0 bridgehead atoms. The van der Waals surface area contributed by atoms with Gasteiger partial charge in [-0.25, -0.2) is 8.78 Å². The summed E-state index contributed by atoms with van der Waals surface area (Å²) in [6.45, 7) is 6.13. The second kappa shape index (κ2) is 10.5. The van der Waals surface area contributed by atoms with Crippen LogP contribution in [0.3, 0.4) is 0 Å². The minimum Gasteiger partial charge on any atom is -0.203 e. The lowest BCUT2D eigenvalue weighted by Gasteiger charge is -2.22. The third kappa shape index (κ3) is 5.70. The summed E-state index contributed by atoms with van der Waals surface area (Å²) in [6.07, 6.45) is 19.3. The fraction of sp³-hybridized carbons (Fsp3) is 0.542. The van der Waals surface area contributed by atoms with Crippen molar-refractivity contribution in [2.24, 2.45) is 11.8 Å². The highest BCUT2D eigenvalue weighted by molar-refractivity contribution is 5.67. The maximum atomic E-state index is 14.0. The van der Waals surface area contributed by atoms with E-state index in [-0.39, 0.29) is 5.56 Å². The highest BCUT2D eigenvalue weighted by Crippen LogP contribution is 2.34. The molecular weight excluding hydrogens is 326 g/mol. The third-order valence-corrected chi connectivity index (χ3v) is 5.54. The van der Waals surface area contributed by atoms with E-state index in [1.807, 2.05) is 0 Å². The van der Waals surface area contributed by atoms with E-state index >= 15 is 0 Å². The van der Waals surface area contributed by atoms with Crippen molar-refractivity contribution in [2.75, 3.05) is 0 Å². The molecule has 26 heavy (non-hydrogen) atoms. The van der Waals surface area contributed by atoms with E-state index in [0.29, 0.717) is 11.5 Å². The van der Waals surface area contributed by atoms with Crippen LogP contribution in [0.2, 0.25) is 0 Å². The summed E-state index contributed by atoms with van der Waals surface area (Å²) in [7, 11) is 0. The van der Waals surface area contributed by atoms with E-state index in [1.54, 1.807) is 6.07 Å². The standard InChI is InChI=1S/C18H20F2.C6H11/c1-3-5-6-13-7-9-15(10-8-13)16-12-11-14(4-2)17(19)18(16)20;1-6-4-2-3-5-6/h2,9,11-13H,3,5-8,10H2,1H3;6H,1-5H2. The Morgan fingerprint density at radius 1 is 1.15 bits per heavy atom. The minimum absolute atomic E-state index is 0.0107. The topological polar surface area (TPSA) is 0 Å².